The van der Waals surface area contributed by atoms with Gasteiger partial charge in [-0.1, -0.05) is 50.2 Å². The van der Waals surface area contributed by atoms with Crippen LogP contribution in [0.1, 0.15) is 25.3 Å². The van der Waals surface area contributed by atoms with Crippen molar-refractivity contribution in [3.05, 3.63) is 66.6 Å². The van der Waals surface area contributed by atoms with Crippen molar-refractivity contribution in [1.82, 2.24) is 9.97 Å². The van der Waals surface area contributed by atoms with Gasteiger partial charge in [0.25, 0.3) is 0 Å². The Bertz CT molecular complexity index is 782. The summed E-state index contributed by atoms with van der Waals surface area (Å²) < 4.78 is 0. The first-order valence-electron chi connectivity index (χ1n) is 7.35. The van der Waals surface area contributed by atoms with Gasteiger partial charge in [0.05, 0.1) is 5.69 Å². The monoisotopic (exact) mass is 290 g/mol. The van der Waals surface area contributed by atoms with Gasteiger partial charge < -0.3 is 5.11 Å². The maximum Gasteiger partial charge on any atom is 0.125 e. The first kappa shape index (κ1) is 14.3. The molecule has 3 rings (SSSR count). The van der Waals surface area contributed by atoms with E-state index in [4.69, 9.17) is 0 Å². The van der Waals surface area contributed by atoms with E-state index in [-0.39, 0.29) is 5.75 Å². The van der Waals surface area contributed by atoms with Crippen LogP contribution in [-0.2, 0) is 0 Å². The molecule has 0 aliphatic rings. The van der Waals surface area contributed by atoms with Gasteiger partial charge in [-0.05, 0) is 29.2 Å². The van der Waals surface area contributed by atoms with Crippen molar-refractivity contribution in [2.24, 2.45) is 0 Å². The summed E-state index contributed by atoms with van der Waals surface area (Å²) in [7, 11) is 0. The molecule has 0 atom stereocenters. The van der Waals surface area contributed by atoms with E-state index < -0.39 is 0 Å². The molecule has 1 heterocycles. The van der Waals surface area contributed by atoms with Crippen LogP contribution in [0.25, 0.3) is 22.4 Å². The number of phenolic OH excluding ortho intramolecular Hbond substituents is 1. The maximum absolute atomic E-state index is 10.4. The summed E-state index contributed by atoms with van der Waals surface area (Å²) in [6, 6.07) is 15.7. The molecule has 3 nitrogen and oxygen atoms in total. The fourth-order valence-corrected chi connectivity index (χ4v) is 2.48. The summed E-state index contributed by atoms with van der Waals surface area (Å²) >= 11 is 0. The molecule has 110 valence electrons. The van der Waals surface area contributed by atoms with E-state index >= 15 is 0 Å². The highest BCUT2D eigenvalue weighted by atomic mass is 16.3. The first-order chi connectivity index (χ1) is 10.7. The van der Waals surface area contributed by atoms with Crippen LogP contribution in [-0.4, -0.2) is 15.1 Å². The molecular weight excluding hydrogens is 272 g/mol. The molecule has 1 aromatic heterocycles. The van der Waals surface area contributed by atoms with Crippen LogP contribution < -0.4 is 0 Å². The number of benzene rings is 2. The summed E-state index contributed by atoms with van der Waals surface area (Å²) in [5, 5.41) is 10.4. The highest BCUT2D eigenvalue weighted by molar-refractivity contribution is 5.82. The summed E-state index contributed by atoms with van der Waals surface area (Å²) in [5.41, 5.74) is 4.53. The minimum atomic E-state index is 0.252. The molecular formula is C19H18N2O. The lowest BCUT2D eigenvalue weighted by Crippen LogP contribution is -1.93. The van der Waals surface area contributed by atoms with E-state index in [0.717, 1.165) is 27.9 Å². The average molecular weight is 290 g/mol. The lowest BCUT2D eigenvalue weighted by atomic mass is 9.96. The predicted octanol–water partition coefficient (Wildman–Crippen LogP) is 4.64. The van der Waals surface area contributed by atoms with E-state index in [2.05, 4.69) is 23.8 Å². The zero-order valence-corrected chi connectivity index (χ0v) is 12.7. The molecule has 3 aromatic rings. The third-order valence-electron chi connectivity index (χ3n) is 3.74. The number of aromatic nitrogens is 2. The fraction of sp³-hybridized carbons (Fsp3) is 0.158. The minimum Gasteiger partial charge on any atom is -0.507 e. The molecule has 0 aliphatic carbocycles. The smallest absolute Gasteiger partial charge is 0.125 e. The van der Waals surface area contributed by atoms with Gasteiger partial charge in [0.15, 0.2) is 0 Å². The molecule has 2 aromatic carbocycles. The van der Waals surface area contributed by atoms with E-state index in [0.29, 0.717) is 5.92 Å². The molecule has 0 fully saturated rings. The fourth-order valence-electron chi connectivity index (χ4n) is 2.48. The van der Waals surface area contributed by atoms with E-state index in [1.807, 2.05) is 48.5 Å². The van der Waals surface area contributed by atoms with Crippen LogP contribution >= 0.6 is 0 Å². The zero-order valence-electron chi connectivity index (χ0n) is 12.7. The molecule has 0 unspecified atom stereocenters. The van der Waals surface area contributed by atoms with Crippen molar-refractivity contribution in [1.29, 1.82) is 0 Å². The number of hydrogen-bond donors (Lipinski definition) is 1. The van der Waals surface area contributed by atoms with E-state index in [1.165, 1.54) is 6.33 Å². The van der Waals surface area contributed by atoms with Crippen molar-refractivity contribution in [3.8, 4) is 28.1 Å². The van der Waals surface area contributed by atoms with Crippen molar-refractivity contribution in [2.75, 3.05) is 0 Å². The maximum atomic E-state index is 10.4. The summed E-state index contributed by atoms with van der Waals surface area (Å²) in [5.74, 6) is 0.626. The Kier molecular flexibility index (Phi) is 3.88. The summed E-state index contributed by atoms with van der Waals surface area (Å²) in [6.07, 6.45) is 3.30. The molecule has 0 saturated heterocycles. The Hall–Kier alpha value is -2.68. The predicted molar refractivity (Wildman–Crippen MR) is 88.7 cm³/mol. The Morgan fingerprint density at radius 1 is 0.955 bits per heavy atom. The Labute approximate surface area is 130 Å². The van der Waals surface area contributed by atoms with Gasteiger partial charge in [-0.25, -0.2) is 9.97 Å². The van der Waals surface area contributed by atoms with Crippen LogP contribution in [0.3, 0.4) is 0 Å². The molecule has 22 heavy (non-hydrogen) atoms. The van der Waals surface area contributed by atoms with Crippen LogP contribution in [0, 0.1) is 0 Å². The van der Waals surface area contributed by atoms with Crippen LogP contribution in [0.15, 0.2) is 61.1 Å². The molecule has 1 N–H and O–H groups in total. The molecule has 3 heteroatoms. The standard InChI is InChI=1S/C19H18N2O/c1-13(2)15-8-9-16(18(22)10-15)19-17(11-20-12-21-19)14-6-4-3-5-7-14/h3-13,22H,1-2H3. The number of aromatic hydroxyl groups is 1. The van der Waals surface area contributed by atoms with Gasteiger partial charge in [0.2, 0.25) is 0 Å². The van der Waals surface area contributed by atoms with Gasteiger partial charge in [-0.3, -0.25) is 0 Å². The molecule has 0 radical (unpaired) electrons. The Balaban J connectivity index is 2.14. The number of phenols is 1. The SMILES string of the molecule is CC(C)c1ccc(-c2ncncc2-c2ccccc2)c(O)c1. The third-order valence-corrected chi connectivity index (χ3v) is 3.74. The van der Waals surface area contributed by atoms with Gasteiger partial charge in [-0.15, -0.1) is 0 Å². The third kappa shape index (κ3) is 2.70. The Morgan fingerprint density at radius 2 is 1.73 bits per heavy atom. The van der Waals surface area contributed by atoms with Gasteiger partial charge in [-0.2, -0.15) is 0 Å². The molecule has 0 saturated carbocycles. The number of rotatable bonds is 3. The van der Waals surface area contributed by atoms with Gasteiger partial charge >= 0.3 is 0 Å². The topological polar surface area (TPSA) is 46.0 Å². The minimum absolute atomic E-state index is 0.252. The second-order valence-corrected chi connectivity index (χ2v) is 5.58. The van der Waals surface area contributed by atoms with Crippen molar-refractivity contribution in [2.45, 2.75) is 19.8 Å². The quantitative estimate of drug-likeness (QED) is 0.764. The molecule has 0 amide bonds. The van der Waals surface area contributed by atoms with Crippen molar-refractivity contribution < 1.29 is 5.11 Å². The second kappa shape index (κ2) is 5.98. The molecule has 0 bridgehead atoms. The van der Waals surface area contributed by atoms with E-state index in [9.17, 15) is 5.11 Å². The molecule has 0 spiro atoms. The molecule has 0 aliphatic heterocycles. The largest absolute Gasteiger partial charge is 0.507 e. The Morgan fingerprint density at radius 3 is 2.41 bits per heavy atom. The van der Waals surface area contributed by atoms with E-state index in [1.54, 1.807) is 6.20 Å². The summed E-state index contributed by atoms with van der Waals surface area (Å²) in [6.45, 7) is 4.21. The number of hydrogen-bond acceptors (Lipinski definition) is 3. The van der Waals surface area contributed by atoms with Gasteiger partial charge in [0, 0.05) is 17.3 Å². The normalized spacial score (nSPS) is 10.9. The average Bonchev–Trinajstić information content (AvgIpc) is 2.55. The van der Waals surface area contributed by atoms with Crippen LogP contribution in [0.5, 0.6) is 5.75 Å². The van der Waals surface area contributed by atoms with Crippen LogP contribution in [0.2, 0.25) is 0 Å². The van der Waals surface area contributed by atoms with Crippen molar-refractivity contribution in [3.63, 3.8) is 0 Å². The lowest BCUT2D eigenvalue weighted by Gasteiger charge is -2.12. The van der Waals surface area contributed by atoms with Crippen molar-refractivity contribution >= 4 is 0 Å². The highest BCUT2D eigenvalue weighted by Gasteiger charge is 2.13. The number of nitrogens with zero attached hydrogens (tertiary/aromatic N) is 2. The zero-order chi connectivity index (χ0) is 15.5. The summed E-state index contributed by atoms with van der Waals surface area (Å²) in [4.78, 5) is 8.52. The second-order valence-electron chi connectivity index (χ2n) is 5.58. The van der Waals surface area contributed by atoms with Crippen LogP contribution in [0.4, 0.5) is 0 Å². The first-order valence-corrected chi connectivity index (χ1v) is 7.35. The highest BCUT2D eigenvalue weighted by Crippen LogP contribution is 2.36. The van der Waals surface area contributed by atoms with Gasteiger partial charge in [0.1, 0.15) is 12.1 Å². The lowest BCUT2D eigenvalue weighted by molar-refractivity contribution is 0.476.